The Morgan fingerprint density at radius 1 is 1.05 bits per heavy atom. The van der Waals surface area contributed by atoms with E-state index in [0.717, 1.165) is 15.2 Å². The molecule has 0 amide bonds. The van der Waals surface area contributed by atoms with E-state index in [2.05, 4.69) is 15.9 Å². The Kier molecular flexibility index (Phi) is 3.44. The van der Waals surface area contributed by atoms with Gasteiger partial charge in [0.25, 0.3) is 0 Å². The number of thiophene rings is 1. The van der Waals surface area contributed by atoms with Gasteiger partial charge in [-0.1, -0.05) is 45.7 Å². The van der Waals surface area contributed by atoms with Crippen LogP contribution in [0.4, 0.5) is 0 Å². The Bertz CT molecular complexity index is 779. The average molecular weight is 352 g/mol. The van der Waals surface area contributed by atoms with Crippen molar-refractivity contribution in [1.82, 2.24) is 0 Å². The highest BCUT2D eigenvalue weighted by Crippen LogP contribution is 2.27. The maximum Gasteiger partial charge on any atom is 0.204 e. The second-order valence-corrected chi connectivity index (χ2v) is 6.37. The molecule has 94 valence electrons. The fraction of sp³-hybridized carbons (Fsp3) is 0. The van der Waals surface area contributed by atoms with Crippen molar-refractivity contribution in [1.29, 1.82) is 0 Å². The van der Waals surface area contributed by atoms with Crippen LogP contribution in [0.1, 0.15) is 15.2 Å². The average Bonchev–Trinajstić information content (AvgIpc) is 2.83. The molecule has 0 N–H and O–H groups in total. The van der Waals surface area contributed by atoms with E-state index in [1.807, 2.05) is 41.8 Å². The van der Waals surface area contributed by atoms with Crippen LogP contribution in [0, 0.1) is 0 Å². The zero-order chi connectivity index (χ0) is 13.4. The third-order valence-electron chi connectivity index (χ3n) is 2.89. The van der Waals surface area contributed by atoms with Gasteiger partial charge in [-0.25, -0.2) is 0 Å². The monoisotopic (exact) mass is 350 g/mol. The zero-order valence-corrected chi connectivity index (χ0v) is 12.8. The summed E-state index contributed by atoms with van der Waals surface area (Å²) < 4.78 is 1.03. The van der Waals surface area contributed by atoms with E-state index < -0.39 is 0 Å². The van der Waals surface area contributed by atoms with Crippen molar-refractivity contribution >= 4 is 55.4 Å². The van der Waals surface area contributed by atoms with Crippen LogP contribution >= 0.6 is 38.9 Å². The second kappa shape index (κ2) is 5.08. The van der Waals surface area contributed by atoms with Gasteiger partial charge in [0, 0.05) is 10.0 Å². The third-order valence-corrected chi connectivity index (χ3v) is 4.72. The Hall–Kier alpha value is -1.16. The molecule has 0 unspecified atom stereocenters. The molecular weight excluding hydrogens is 344 g/mol. The molecule has 0 spiro atoms. The number of benzene rings is 2. The molecule has 0 atom stereocenters. The number of carbonyl (C=O) groups excluding carboxylic acids is 1. The molecule has 0 fully saturated rings. The Morgan fingerprint density at radius 3 is 2.53 bits per heavy atom. The van der Waals surface area contributed by atoms with Crippen molar-refractivity contribution in [3.05, 3.63) is 67.8 Å². The van der Waals surface area contributed by atoms with Crippen molar-refractivity contribution in [2.24, 2.45) is 0 Å². The van der Waals surface area contributed by atoms with Crippen molar-refractivity contribution in [2.75, 3.05) is 0 Å². The van der Waals surface area contributed by atoms with Gasteiger partial charge in [0.2, 0.25) is 5.78 Å². The van der Waals surface area contributed by atoms with Crippen LogP contribution in [0.25, 0.3) is 10.8 Å². The van der Waals surface area contributed by atoms with Crippen LogP contribution in [0.15, 0.2) is 52.3 Å². The summed E-state index contributed by atoms with van der Waals surface area (Å²) in [6.45, 7) is 0. The van der Waals surface area contributed by atoms with Gasteiger partial charge in [0.15, 0.2) is 0 Å². The molecule has 0 aliphatic heterocycles. The van der Waals surface area contributed by atoms with E-state index in [1.54, 1.807) is 6.07 Å². The maximum atomic E-state index is 12.4. The largest absolute Gasteiger partial charge is 0.288 e. The van der Waals surface area contributed by atoms with E-state index in [0.29, 0.717) is 15.5 Å². The molecule has 4 heteroatoms. The van der Waals surface area contributed by atoms with Crippen LogP contribution in [0.2, 0.25) is 5.02 Å². The third kappa shape index (κ3) is 2.46. The minimum Gasteiger partial charge on any atom is -0.288 e. The van der Waals surface area contributed by atoms with Gasteiger partial charge < -0.3 is 0 Å². The lowest BCUT2D eigenvalue weighted by atomic mass is 10.0. The van der Waals surface area contributed by atoms with Crippen molar-refractivity contribution < 1.29 is 4.79 Å². The molecule has 3 aromatic rings. The topological polar surface area (TPSA) is 17.1 Å². The summed E-state index contributed by atoms with van der Waals surface area (Å²) in [5.74, 6) is -0.0233. The van der Waals surface area contributed by atoms with E-state index in [1.165, 1.54) is 11.3 Å². The first-order valence-electron chi connectivity index (χ1n) is 5.62. The summed E-state index contributed by atoms with van der Waals surface area (Å²) in [7, 11) is 0. The van der Waals surface area contributed by atoms with E-state index in [4.69, 9.17) is 11.6 Å². The van der Waals surface area contributed by atoms with Crippen molar-refractivity contribution in [2.45, 2.75) is 0 Å². The predicted octanol–water partition coefficient (Wildman–Crippen LogP) is 5.55. The molecule has 1 nitrogen and oxygen atoms in total. The standard InChI is InChI=1S/C15H8BrClOS/c16-12-4-3-9-7-11(2-1-10(9)8-12)14(18)15-13(17)5-6-19-15/h1-8H. The molecule has 0 saturated carbocycles. The van der Waals surface area contributed by atoms with Crippen molar-refractivity contribution in [3.8, 4) is 0 Å². The molecule has 0 radical (unpaired) electrons. The first kappa shape index (κ1) is 12.9. The maximum absolute atomic E-state index is 12.4. The quantitative estimate of drug-likeness (QED) is 0.553. The van der Waals surface area contributed by atoms with Crippen LogP contribution in [0.3, 0.4) is 0 Å². The van der Waals surface area contributed by atoms with Gasteiger partial charge >= 0.3 is 0 Å². The number of fused-ring (bicyclic) bond motifs is 1. The Balaban J connectivity index is 2.09. The number of ketones is 1. The lowest BCUT2D eigenvalue weighted by Gasteiger charge is -2.03. The van der Waals surface area contributed by atoms with Crippen LogP contribution in [0.5, 0.6) is 0 Å². The molecule has 3 rings (SSSR count). The minimum absolute atomic E-state index is 0.0233. The van der Waals surface area contributed by atoms with Crippen molar-refractivity contribution in [3.63, 3.8) is 0 Å². The number of hydrogen-bond acceptors (Lipinski definition) is 2. The van der Waals surface area contributed by atoms with Crippen LogP contribution in [-0.2, 0) is 0 Å². The number of halogens is 2. The second-order valence-electron chi connectivity index (χ2n) is 4.13. The highest BCUT2D eigenvalue weighted by Gasteiger charge is 2.14. The summed E-state index contributed by atoms with van der Waals surface area (Å²) in [5, 5.41) is 4.49. The number of rotatable bonds is 2. The fourth-order valence-electron chi connectivity index (χ4n) is 1.94. The van der Waals surface area contributed by atoms with Gasteiger partial charge in [-0.2, -0.15) is 0 Å². The first-order chi connectivity index (χ1) is 9.15. The van der Waals surface area contributed by atoms with Gasteiger partial charge in [0.1, 0.15) is 0 Å². The normalized spacial score (nSPS) is 10.8. The smallest absolute Gasteiger partial charge is 0.204 e. The molecule has 0 aliphatic carbocycles. The first-order valence-corrected chi connectivity index (χ1v) is 7.67. The molecule has 2 aromatic carbocycles. The Labute approximate surface area is 128 Å². The summed E-state index contributed by atoms with van der Waals surface area (Å²) in [6, 6.07) is 13.4. The molecule has 1 aromatic heterocycles. The lowest BCUT2D eigenvalue weighted by Crippen LogP contribution is -1.98. The lowest BCUT2D eigenvalue weighted by molar-refractivity contribution is 0.104. The van der Waals surface area contributed by atoms with E-state index in [9.17, 15) is 4.79 Å². The summed E-state index contributed by atoms with van der Waals surface area (Å²) in [6.07, 6.45) is 0. The molecule has 0 aliphatic rings. The molecule has 0 bridgehead atoms. The van der Waals surface area contributed by atoms with Gasteiger partial charge in [-0.3, -0.25) is 4.79 Å². The zero-order valence-electron chi connectivity index (χ0n) is 9.69. The van der Waals surface area contributed by atoms with Gasteiger partial charge in [0.05, 0.1) is 9.90 Å². The summed E-state index contributed by atoms with van der Waals surface area (Å²) >= 11 is 10.8. The van der Waals surface area contributed by atoms with Crippen LogP contribution in [-0.4, -0.2) is 5.78 Å². The van der Waals surface area contributed by atoms with Gasteiger partial charge in [-0.05, 0) is 40.4 Å². The molecule has 1 heterocycles. The van der Waals surface area contributed by atoms with E-state index in [-0.39, 0.29) is 5.78 Å². The molecule has 19 heavy (non-hydrogen) atoms. The number of hydrogen-bond donors (Lipinski definition) is 0. The highest BCUT2D eigenvalue weighted by molar-refractivity contribution is 9.10. The van der Waals surface area contributed by atoms with E-state index >= 15 is 0 Å². The predicted molar refractivity (Wildman–Crippen MR) is 84.4 cm³/mol. The molecular formula is C15H8BrClOS. The highest BCUT2D eigenvalue weighted by atomic mass is 79.9. The summed E-state index contributed by atoms with van der Waals surface area (Å²) in [4.78, 5) is 13.0. The number of carbonyl (C=O) groups is 1. The minimum atomic E-state index is -0.0233. The summed E-state index contributed by atoms with van der Waals surface area (Å²) in [5.41, 5.74) is 0.666. The molecule has 0 saturated heterocycles. The van der Waals surface area contributed by atoms with Gasteiger partial charge in [-0.15, -0.1) is 11.3 Å². The fourth-order valence-corrected chi connectivity index (χ4v) is 3.43. The Morgan fingerprint density at radius 2 is 1.79 bits per heavy atom. The van der Waals surface area contributed by atoms with Crippen LogP contribution < -0.4 is 0 Å². The SMILES string of the molecule is O=C(c1ccc2cc(Br)ccc2c1)c1sccc1Cl.